The van der Waals surface area contributed by atoms with Gasteiger partial charge >= 0.3 is 0 Å². The third kappa shape index (κ3) is 3.59. The van der Waals surface area contributed by atoms with Crippen molar-refractivity contribution in [3.8, 4) is 0 Å². The molecule has 3 rings (SSSR count). The number of allylic oxidation sites excluding steroid dienone is 4. The predicted octanol–water partition coefficient (Wildman–Crippen LogP) is 3.31. The van der Waals surface area contributed by atoms with Gasteiger partial charge in [0.15, 0.2) is 6.10 Å². The fourth-order valence-corrected chi connectivity index (χ4v) is 2.98. The summed E-state index contributed by atoms with van der Waals surface area (Å²) < 4.78 is 18.7. The Labute approximate surface area is 150 Å². The number of benzene rings is 1. The monoisotopic (exact) mass is 355 g/mol. The van der Waals surface area contributed by atoms with E-state index in [1.807, 2.05) is 12.2 Å². The van der Waals surface area contributed by atoms with Crippen LogP contribution in [0.1, 0.15) is 18.4 Å². The van der Waals surface area contributed by atoms with Crippen molar-refractivity contribution < 1.29 is 23.8 Å². The van der Waals surface area contributed by atoms with E-state index >= 15 is 0 Å². The van der Waals surface area contributed by atoms with Crippen LogP contribution in [0.5, 0.6) is 0 Å². The highest BCUT2D eigenvalue weighted by atomic mass is 19.1. The number of aryl methyl sites for hydroxylation is 1. The average molecular weight is 355 g/mol. The number of carbonyl (C=O) groups excluding carboxylic acids is 2. The van der Waals surface area contributed by atoms with Crippen LogP contribution in [0, 0.1) is 5.82 Å². The topological polar surface area (TPSA) is 66.8 Å². The molecule has 1 unspecified atom stereocenters. The number of fused-ring (bicyclic) bond motifs is 1. The summed E-state index contributed by atoms with van der Waals surface area (Å²) in [5.41, 5.74) is 1.34. The van der Waals surface area contributed by atoms with Crippen molar-refractivity contribution >= 4 is 12.4 Å². The number of carbonyl (C=O) groups is 2. The van der Waals surface area contributed by atoms with Gasteiger partial charge in [0, 0.05) is 18.3 Å². The molecule has 1 aromatic carbocycles. The van der Waals surface area contributed by atoms with E-state index in [9.17, 15) is 19.1 Å². The Kier molecular flexibility index (Phi) is 5.31. The van der Waals surface area contributed by atoms with Crippen LogP contribution in [0.15, 0.2) is 71.8 Å². The van der Waals surface area contributed by atoms with Gasteiger partial charge in [-0.1, -0.05) is 30.4 Å². The Bertz CT molecular complexity index is 838. The van der Waals surface area contributed by atoms with E-state index in [1.165, 1.54) is 11.0 Å². The zero-order chi connectivity index (χ0) is 18.5. The summed E-state index contributed by atoms with van der Waals surface area (Å²) in [5, 5.41) is 10.6. The summed E-state index contributed by atoms with van der Waals surface area (Å²) in [4.78, 5) is 24.9. The molecule has 6 heteroatoms. The molecule has 2 heterocycles. The second-order valence-corrected chi connectivity index (χ2v) is 5.92. The van der Waals surface area contributed by atoms with Crippen LogP contribution in [0.2, 0.25) is 0 Å². The van der Waals surface area contributed by atoms with E-state index in [4.69, 9.17) is 4.74 Å². The van der Waals surface area contributed by atoms with Crippen LogP contribution in [-0.4, -0.2) is 28.5 Å². The van der Waals surface area contributed by atoms with Gasteiger partial charge in [0.1, 0.15) is 11.6 Å². The number of aliphatic hydroxyl groups is 1. The van der Waals surface area contributed by atoms with Gasteiger partial charge in [-0.2, -0.15) is 0 Å². The highest BCUT2D eigenvalue weighted by molar-refractivity contribution is 5.97. The van der Waals surface area contributed by atoms with Crippen LogP contribution < -0.4 is 0 Å². The van der Waals surface area contributed by atoms with Gasteiger partial charge in [-0.05, 0) is 36.6 Å². The quantitative estimate of drug-likeness (QED) is 0.483. The smallest absolute Gasteiger partial charge is 0.293 e. The molecule has 2 aliphatic rings. The maximum atomic E-state index is 13.8. The highest BCUT2D eigenvalue weighted by Gasteiger charge is 2.30. The molecule has 0 saturated carbocycles. The Hall–Kier alpha value is -3.15. The lowest BCUT2D eigenvalue weighted by Gasteiger charge is -2.28. The van der Waals surface area contributed by atoms with Crippen LogP contribution in [0.4, 0.5) is 4.39 Å². The summed E-state index contributed by atoms with van der Waals surface area (Å²) in [6.45, 7) is 0.223. The minimum Gasteiger partial charge on any atom is -0.508 e. The number of amides is 1. The van der Waals surface area contributed by atoms with E-state index in [2.05, 4.69) is 0 Å². The molecule has 26 heavy (non-hydrogen) atoms. The van der Waals surface area contributed by atoms with Crippen LogP contribution in [0.3, 0.4) is 0 Å². The molecule has 0 bridgehead atoms. The lowest BCUT2D eigenvalue weighted by molar-refractivity contribution is -0.134. The van der Waals surface area contributed by atoms with E-state index in [1.54, 1.807) is 36.6 Å². The molecular weight excluding hydrogens is 337 g/mol. The van der Waals surface area contributed by atoms with Gasteiger partial charge in [0.25, 0.3) is 12.4 Å². The number of rotatable bonds is 6. The van der Waals surface area contributed by atoms with Crippen molar-refractivity contribution in [3.05, 3.63) is 83.2 Å². The summed E-state index contributed by atoms with van der Waals surface area (Å²) in [6.07, 6.45) is 8.38. The largest absolute Gasteiger partial charge is 0.508 e. The lowest BCUT2D eigenvalue weighted by atomic mass is 9.97. The molecule has 1 atom stereocenters. The van der Waals surface area contributed by atoms with Crippen molar-refractivity contribution in [2.45, 2.75) is 25.4 Å². The van der Waals surface area contributed by atoms with E-state index in [0.29, 0.717) is 5.56 Å². The first-order chi connectivity index (χ1) is 12.6. The predicted molar refractivity (Wildman–Crippen MR) is 93.1 cm³/mol. The maximum Gasteiger partial charge on any atom is 0.293 e. The van der Waals surface area contributed by atoms with Gasteiger partial charge in [-0.15, -0.1) is 0 Å². The summed E-state index contributed by atoms with van der Waals surface area (Å²) in [6, 6.07) is 6.27. The zero-order valence-electron chi connectivity index (χ0n) is 14.0. The maximum absolute atomic E-state index is 13.8. The second kappa shape index (κ2) is 7.82. The summed E-state index contributed by atoms with van der Waals surface area (Å²) in [7, 11) is 0. The third-order valence-electron chi connectivity index (χ3n) is 4.35. The minimum atomic E-state index is -1.01. The molecule has 0 saturated heterocycles. The van der Waals surface area contributed by atoms with Crippen LogP contribution >= 0.6 is 0 Å². The first-order valence-corrected chi connectivity index (χ1v) is 8.25. The normalized spacial score (nSPS) is 18.9. The third-order valence-corrected chi connectivity index (χ3v) is 4.35. The average Bonchev–Trinajstić information content (AvgIpc) is 2.66. The number of hydrogen-bond donors (Lipinski definition) is 1. The standard InChI is InChI=1S/C20H18FNO4/c21-17-7-2-1-5-14(17)8-11-18(26-13-23)19(24)16-10-9-15-6-3-4-12-22(15)20(16)25/h1-7,9,12-13,18,24H,8,10-11H2. The fraction of sp³-hybridized carbons (Fsp3) is 0.200. The van der Waals surface area contributed by atoms with Crippen molar-refractivity contribution in [1.29, 1.82) is 0 Å². The van der Waals surface area contributed by atoms with Gasteiger partial charge in [0.2, 0.25) is 0 Å². The minimum absolute atomic E-state index is 0.161. The molecule has 1 aromatic rings. The van der Waals surface area contributed by atoms with Gasteiger partial charge < -0.3 is 9.84 Å². The second-order valence-electron chi connectivity index (χ2n) is 5.92. The van der Waals surface area contributed by atoms with Gasteiger partial charge in [0.05, 0.1) is 5.57 Å². The van der Waals surface area contributed by atoms with Crippen LogP contribution in [-0.2, 0) is 20.7 Å². The van der Waals surface area contributed by atoms with Crippen molar-refractivity contribution in [2.75, 3.05) is 0 Å². The van der Waals surface area contributed by atoms with Crippen molar-refractivity contribution in [1.82, 2.24) is 4.90 Å². The van der Waals surface area contributed by atoms with Gasteiger partial charge in [-0.25, -0.2) is 4.39 Å². The Morgan fingerprint density at radius 3 is 2.92 bits per heavy atom. The zero-order valence-corrected chi connectivity index (χ0v) is 14.0. The molecule has 0 fully saturated rings. The van der Waals surface area contributed by atoms with Gasteiger partial charge in [-0.3, -0.25) is 14.5 Å². The first kappa shape index (κ1) is 17.7. The molecule has 0 aliphatic carbocycles. The van der Waals surface area contributed by atoms with Crippen molar-refractivity contribution in [2.24, 2.45) is 0 Å². The molecule has 5 nitrogen and oxygen atoms in total. The molecule has 0 radical (unpaired) electrons. The SMILES string of the molecule is O=COC(CCc1ccccc1F)C(O)=C1CC=C2C=CC=CN2C1=O. The molecule has 2 aliphatic heterocycles. The lowest BCUT2D eigenvalue weighted by Crippen LogP contribution is -2.32. The fourth-order valence-electron chi connectivity index (χ4n) is 2.98. The van der Waals surface area contributed by atoms with E-state index in [0.717, 1.165) is 5.70 Å². The Balaban J connectivity index is 1.82. The molecule has 1 N–H and O–H groups in total. The van der Waals surface area contributed by atoms with E-state index < -0.39 is 6.10 Å². The molecule has 1 amide bonds. The summed E-state index contributed by atoms with van der Waals surface area (Å²) >= 11 is 0. The Morgan fingerprint density at radius 2 is 2.15 bits per heavy atom. The Morgan fingerprint density at radius 1 is 1.35 bits per heavy atom. The molecule has 134 valence electrons. The first-order valence-electron chi connectivity index (χ1n) is 8.25. The van der Waals surface area contributed by atoms with E-state index in [-0.39, 0.29) is 48.8 Å². The number of hydrogen-bond acceptors (Lipinski definition) is 4. The highest BCUT2D eigenvalue weighted by Crippen LogP contribution is 2.28. The number of aliphatic hydroxyl groups excluding tert-OH is 1. The number of ether oxygens (including phenoxy) is 1. The summed E-state index contributed by atoms with van der Waals surface area (Å²) in [5.74, 6) is -1.03. The van der Waals surface area contributed by atoms with Crippen molar-refractivity contribution in [3.63, 3.8) is 0 Å². The molecule has 0 aromatic heterocycles. The number of halogens is 1. The molecular formula is C20H18FNO4. The van der Waals surface area contributed by atoms with Crippen LogP contribution in [0.25, 0.3) is 0 Å². The molecule has 0 spiro atoms. The number of nitrogens with zero attached hydrogens (tertiary/aromatic N) is 1.